The lowest BCUT2D eigenvalue weighted by atomic mass is 10.0. The Morgan fingerprint density at radius 2 is 1.43 bits per heavy atom. The topological polar surface area (TPSA) is 141 Å². The van der Waals surface area contributed by atoms with Crippen LogP contribution >= 0.6 is 0 Å². The number of morpholine rings is 1. The summed E-state index contributed by atoms with van der Waals surface area (Å²) in [6, 6.07) is 15.1. The van der Waals surface area contributed by atoms with Crippen molar-refractivity contribution in [2.75, 3.05) is 45.3 Å². The maximum Gasteiger partial charge on any atom is 0.410 e. The number of hydrogen-bond acceptors (Lipinski definition) is 11. The SMILES string of the molecule is CC(C)C[C@@H](C(=O)O[C@H](C)C(=O)OCc1ccccc1)N(C)C(=O)[C@@H](CCc1ccc(N2CCOCC2)cc1)OC(=O)[C@H](CC1CC1)N(C)C(=O)OC(C)(C)C. The fourth-order valence-corrected chi connectivity index (χ4v) is 6.37. The Morgan fingerprint density at radius 3 is 2.02 bits per heavy atom. The van der Waals surface area contributed by atoms with E-state index in [2.05, 4.69) is 4.90 Å². The second kappa shape index (κ2) is 20.5. The number of anilines is 1. The number of ether oxygens (including phenoxy) is 5. The van der Waals surface area contributed by atoms with Gasteiger partial charge in [0.1, 0.15) is 24.3 Å². The molecule has 2 aromatic carbocycles. The molecular weight excluding hydrogens is 718 g/mol. The molecule has 1 saturated carbocycles. The van der Waals surface area contributed by atoms with Gasteiger partial charge in [0.2, 0.25) is 0 Å². The van der Waals surface area contributed by atoms with Gasteiger partial charge in [0.15, 0.2) is 12.2 Å². The fourth-order valence-electron chi connectivity index (χ4n) is 6.37. The normalized spacial score (nSPS) is 16.6. The third-order valence-corrected chi connectivity index (χ3v) is 9.85. The van der Waals surface area contributed by atoms with Crippen LogP contribution in [0.1, 0.15) is 84.8 Å². The maximum atomic E-state index is 14.4. The van der Waals surface area contributed by atoms with Crippen molar-refractivity contribution in [3.05, 3.63) is 65.7 Å². The number of aryl methyl sites for hydroxylation is 1. The third-order valence-electron chi connectivity index (χ3n) is 9.85. The standard InChI is InChI=1S/C43H61N3O10/c1-29(2)26-35(40(49)54-30(3)39(48)53-28-33-12-10-9-11-13-33)44(7)38(47)37(21-18-31-16-19-34(20-17-31)46-22-24-52-25-23-46)55-41(50)36(27-32-14-15-32)45(8)42(51)56-43(4,5)6/h9-13,16-17,19-20,29-30,32,35-37H,14-15,18,21-28H2,1-8H3/t30-,35+,36+,37-/m1/s1. The summed E-state index contributed by atoms with van der Waals surface area (Å²) >= 11 is 0. The number of rotatable bonds is 18. The average molecular weight is 780 g/mol. The van der Waals surface area contributed by atoms with Gasteiger partial charge in [-0.2, -0.15) is 0 Å². The molecule has 0 unspecified atom stereocenters. The molecule has 0 bridgehead atoms. The van der Waals surface area contributed by atoms with E-state index in [1.54, 1.807) is 20.8 Å². The molecule has 1 saturated heterocycles. The van der Waals surface area contributed by atoms with Crippen molar-refractivity contribution < 1.29 is 47.7 Å². The van der Waals surface area contributed by atoms with E-state index in [9.17, 15) is 24.0 Å². The number of carbonyl (C=O) groups is 5. The molecule has 0 spiro atoms. The Balaban J connectivity index is 1.53. The molecule has 2 fully saturated rings. The van der Waals surface area contributed by atoms with Crippen LogP contribution in [0.4, 0.5) is 10.5 Å². The van der Waals surface area contributed by atoms with Crippen LogP contribution in [0.25, 0.3) is 0 Å². The van der Waals surface area contributed by atoms with Gasteiger partial charge in [-0.05, 0) is 88.5 Å². The van der Waals surface area contributed by atoms with E-state index in [0.717, 1.165) is 42.7 Å². The lowest BCUT2D eigenvalue weighted by Gasteiger charge is -2.33. The van der Waals surface area contributed by atoms with Gasteiger partial charge >= 0.3 is 24.0 Å². The number of carbonyl (C=O) groups excluding carboxylic acids is 5. The summed E-state index contributed by atoms with van der Waals surface area (Å²) in [7, 11) is 2.98. The van der Waals surface area contributed by atoms with Crippen molar-refractivity contribution in [2.24, 2.45) is 11.8 Å². The van der Waals surface area contributed by atoms with Gasteiger partial charge < -0.3 is 33.5 Å². The maximum absolute atomic E-state index is 14.4. The van der Waals surface area contributed by atoms with E-state index >= 15 is 0 Å². The number of nitrogens with zero attached hydrogens (tertiary/aromatic N) is 3. The molecule has 56 heavy (non-hydrogen) atoms. The highest BCUT2D eigenvalue weighted by atomic mass is 16.6. The smallest absolute Gasteiger partial charge is 0.410 e. The van der Waals surface area contributed by atoms with Gasteiger partial charge in [0.25, 0.3) is 5.91 Å². The van der Waals surface area contributed by atoms with Gasteiger partial charge in [-0.3, -0.25) is 9.69 Å². The monoisotopic (exact) mass is 779 g/mol. The van der Waals surface area contributed by atoms with E-state index < -0.39 is 59.8 Å². The summed E-state index contributed by atoms with van der Waals surface area (Å²) in [5, 5.41) is 0. The zero-order valence-electron chi connectivity index (χ0n) is 34.4. The summed E-state index contributed by atoms with van der Waals surface area (Å²) in [5.41, 5.74) is 2.00. The number of hydrogen-bond donors (Lipinski definition) is 0. The molecule has 13 heteroatoms. The summed E-state index contributed by atoms with van der Waals surface area (Å²) in [4.78, 5) is 72.9. The Morgan fingerprint density at radius 1 is 0.804 bits per heavy atom. The van der Waals surface area contributed by atoms with Crippen molar-refractivity contribution in [1.82, 2.24) is 9.80 Å². The van der Waals surface area contributed by atoms with Crippen LogP contribution < -0.4 is 4.90 Å². The van der Waals surface area contributed by atoms with Crippen molar-refractivity contribution in [3.63, 3.8) is 0 Å². The van der Waals surface area contributed by atoms with E-state index in [-0.39, 0.29) is 31.3 Å². The molecule has 2 aliphatic rings. The van der Waals surface area contributed by atoms with Crippen molar-refractivity contribution in [3.8, 4) is 0 Å². The van der Waals surface area contributed by atoms with Crippen LogP contribution in [-0.4, -0.2) is 110 Å². The summed E-state index contributed by atoms with van der Waals surface area (Å²) < 4.78 is 28.1. The van der Waals surface area contributed by atoms with E-state index in [4.69, 9.17) is 23.7 Å². The van der Waals surface area contributed by atoms with Crippen molar-refractivity contribution in [1.29, 1.82) is 0 Å². The zero-order chi connectivity index (χ0) is 41.0. The molecule has 4 atom stereocenters. The van der Waals surface area contributed by atoms with Gasteiger partial charge in [-0.25, -0.2) is 19.2 Å². The molecule has 2 aromatic rings. The first-order valence-corrected chi connectivity index (χ1v) is 19.8. The van der Waals surface area contributed by atoms with Crippen molar-refractivity contribution >= 4 is 35.6 Å². The first kappa shape index (κ1) is 44.1. The number of esters is 3. The highest BCUT2D eigenvalue weighted by Crippen LogP contribution is 2.35. The van der Waals surface area contributed by atoms with Crippen LogP contribution in [0.3, 0.4) is 0 Å². The minimum Gasteiger partial charge on any atom is -0.458 e. The van der Waals surface area contributed by atoms with Crippen LogP contribution in [0.5, 0.6) is 0 Å². The first-order chi connectivity index (χ1) is 26.5. The predicted octanol–water partition coefficient (Wildman–Crippen LogP) is 5.95. The molecule has 0 radical (unpaired) electrons. The molecule has 1 aliphatic heterocycles. The predicted molar refractivity (Wildman–Crippen MR) is 211 cm³/mol. The lowest BCUT2D eigenvalue weighted by Crippen LogP contribution is -2.51. The highest BCUT2D eigenvalue weighted by molar-refractivity contribution is 5.90. The largest absolute Gasteiger partial charge is 0.458 e. The zero-order valence-corrected chi connectivity index (χ0v) is 34.4. The molecule has 4 rings (SSSR count). The summed E-state index contributed by atoms with van der Waals surface area (Å²) in [6.45, 7) is 13.4. The van der Waals surface area contributed by atoms with E-state index in [1.165, 1.54) is 30.8 Å². The van der Waals surface area contributed by atoms with Gasteiger partial charge in [0.05, 0.1) is 13.2 Å². The molecule has 308 valence electrons. The number of amides is 2. The number of likely N-dealkylation sites (N-methyl/N-ethyl adjacent to an activating group) is 2. The van der Waals surface area contributed by atoms with Crippen LogP contribution in [0, 0.1) is 11.8 Å². The quantitative estimate of drug-likeness (QED) is 0.131. The van der Waals surface area contributed by atoms with Crippen LogP contribution in [-0.2, 0) is 55.9 Å². The average Bonchev–Trinajstić information content (AvgIpc) is 4.00. The van der Waals surface area contributed by atoms with E-state index in [1.807, 2.05) is 68.4 Å². The van der Waals surface area contributed by atoms with E-state index in [0.29, 0.717) is 26.1 Å². The van der Waals surface area contributed by atoms with Gasteiger partial charge in [0, 0.05) is 32.9 Å². The first-order valence-electron chi connectivity index (χ1n) is 19.8. The Hall–Kier alpha value is -4.65. The minimum atomic E-state index is -1.30. The third kappa shape index (κ3) is 13.8. The summed E-state index contributed by atoms with van der Waals surface area (Å²) in [5.74, 6) is -2.63. The molecule has 1 aliphatic carbocycles. The van der Waals surface area contributed by atoms with Gasteiger partial charge in [-0.1, -0.05) is 69.2 Å². The highest BCUT2D eigenvalue weighted by Gasteiger charge is 2.40. The number of benzene rings is 2. The molecule has 1 heterocycles. The second-order valence-electron chi connectivity index (χ2n) is 16.3. The Bertz CT molecular complexity index is 1600. The Labute approximate surface area is 331 Å². The lowest BCUT2D eigenvalue weighted by molar-refractivity contribution is -0.174. The molecule has 13 nitrogen and oxygen atoms in total. The molecule has 2 amide bonds. The second-order valence-corrected chi connectivity index (χ2v) is 16.3. The molecular formula is C43H61N3O10. The fraction of sp³-hybridized carbons (Fsp3) is 0.605. The van der Waals surface area contributed by atoms with Crippen LogP contribution in [0.2, 0.25) is 0 Å². The molecule has 0 N–H and O–H groups in total. The Kier molecular flexibility index (Phi) is 16.1. The molecule has 0 aromatic heterocycles. The van der Waals surface area contributed by atoms with Gasteiger partial charge in [-0.15, -0.1) is 0 Å². The van der Waals surface area contributed by atoms with Crippen LogP contribution in [0.15, 0.2) is 54.6 Å². The van der Waals surface area contributed by atoms with Crippen molar-refractivity contribution in [2.45, 2.75) is 117 Å². The summed E-state index contributed by atoms with van der Waals surface area (Å²) in [6.07, 6.45) is -0.248. The minimum absolute atomic E-state index is 0.0171.